The molecule has 2 aromatic rings. The highest BCUT2D eigenvalue weighted by molar-refractivity contribution is 6.04. The third kappa shape index (κ3) is 6.71. The van der Waals surface area contributed by atoms with Crippen molar-refractivity contribution in [3.05, 3.63) is 65.7 Å². The number of hydrogen-bond acceptors (Lipinski definition) is 3. The maximum absolute atomic E-state index is 12.6. The van der Waals surface area contributed by atoms with Gasteiger partial charge in [-0.05, 0) is 57.0 Å². The normalized spacial score (nSPS) is 14.1. The number of carbonyl (C=O) groups excluding carboxylic acids is 2. The van der Waals surface area contributed by atoms with Gasteiger partial charge in [-0.25, -0.2) is 0 Å². The number of rotatable bonds is 9. The lowest BCUT2D eigenvalue weighted by atomic mass is 10.1. The van der Waals surface area contributed by atoms with Gasteiger partial charge in [0.1, 0.15) is 0 Å². The van der Waals surface area contributed by atoms with E-state index >= 15 is 0 Å². The zero-order chi connectivity index (χ0) is 20.5. The zero-order valence-corrected chi connectivity index (χ0v) is 17.2. The van der Waals surface area contributed by atoms with Gasteiger partial charge >= 0.3 is 0 Å². The molecule has 2 aromatic carbocycles. The topological polar surface area (TPSA) is 61.4 Å². The van der Waals surface area contributed by atoms with Gasteiger partial charge in [-0.3, -0.25) is 14.5 Å². The highest BCUT2D eigenvalue weighted by atomic mass is 16.2. The summed E-state index contributed by atoms with van der Waals surface area (Å²) in [5.74, 6) is -0.211. The summed E-state index contributed by atoms with van der Waals surface area (Å²) in [4.78, 5) is 27.1. The molecule has 1 aliphatic rings. The Morgan fingerprint density at radius 1 is 1.00 bits per heavy atom. The number of hydrogen-bond donors (Lipinski definition) is 2. The number of amides is 2. The first-order chi connectivity index (χ1) is 14.1. The number of anilines is 1. The van der Waals surface area contributed by atoms with Crippen molar-refractivity contribution >= 4 is 17.5 Å². The van der Waals surface area contributed by atoms with E-state index in [2.05, 4.69) is 22.8 Å². The fourth-order valence-corrected chi connectivity index (χ4v) is 3.84. The average molecular weight is 394 g/mol. The van der Waals surface area contributed by atoms with E-state index in [9.17, 15) is 9.59 Å². The highest BCUT2D eigenvalue weighted by Gasteiger charge is 2.20. The first kappa shape index (κ1) is 21.1. The number of aryl methyl sites for hydroxylation is 1. The van der Waals surface area contributed by atoms with Crippen molar-refractivity contribution in [3.63, 3.8) is 0 Å². The fourth-order valence-electron chi connectivity index (χ4n) is 3.84. The van der Waals surface area contributed by atoms with Crippen LogP contribution in [-0.2, 0) is 11.2 Å². The molecular formula is C24H31N3O2. The molecule has 5 nitrogen and oxygen atoms in total. The lowest BCUT2D eigenvalue weighted by Gasteiger charge is -2.18. The number of likely N-dealkylation sites (N-methyl/N-ethyl adjacent to an activating group) is 1. The Hall–Kier alpha value is -2.66. The van der Waals surface area contributed by atoms with Crippen molar-refractivity contribution in [1.82, 2.24) is 10.2 Å². The van der Waals surface area contributed by atoms with Crippen LogP contribution in [0.3, 0.4) is 0 Å². The highest BCUT2D eigenvalue weighted by Crippen LogP contribution is 2.20. The molecule has 0 heterocycles. The molecule has 0 spiro atoms. The fraction of sp³-hybridized carbons (Fsp3) is 0.417. The van der Waals surface area contributed by atoms with Crippen molar-refractivity contribution < 1.29 is 9.59 Å². The number of carbonyl (C=O) groups is 2. The summed E-state index contributed by atoms with van der Waals surface area (Å²) in [6.07, 6.45) is 6.40. The monoisotopic (exact) mass is 393 g/mol. The summed E-state index contributed by atoms with van der Waals surface area (Å²) in [5, 5.41) is 6.01. The van der Waals surface area contributed by atoms with Gasteiger partial charge in [-0.15, -0.1) is 0 Å². The van der Waals surface area contributed by atoms with Gasteiger partial charge < -0.3 is 10.6 Å². The summed E-state index contributed by atoms with van der Waals surface area (Å²) in [6, 6.07) is 17.8. The minimum absolute atomic E-state index is 0.103. The van der Waals surface area contributed by atoms with Crippen LogP contribution in [0.5, 0.6) is 0 Å². The second-order valence-electron chi connectivity index (χ2n) is 7.88. The molecule has 1 fully saturated rings. The Bertz CT molecular complexity index is 801. The van der Waals surface area contributed by atoms with Crippen LogP contribution in [0.4, 0.5) is 5.69 Å². The summed E-state index contributed by atoms with van der Waals surface area (Å²) in [6.45, 7) is 1.14. The minimum atomic E-state index is -0.107. The Kier molecular flexibility index (Phi) is 7.82. The molecule has 5 heteroatoms. The molecule has 0 aromatic heterocycles. The molecular weight excluding hydrogens is 362 g/mol. The van der Waals surface area contributed by atoms with Crippen LogP contribution < -0.4 is 10.6 Å². The number of para-hydroxylation sites is 1. The molecule has 2 amide bonds. The molecule has 154 valence electrons. The van der Waals surface area contributed by atoms with E-state index in [4.69, 9.17) is 0 Å². The average Bonchev–Trinajstić information content (AvgIpc) is 3.22. The van der Waals surface area contributed by atoms with Gasteiger partial charge in [-0.2, -0.15) is 0 Å². The molecule has 0 atom stereocenters. The molecule has 1 saturated carbocycles. The standard InChI is InChI=1S/C24H31N3O2/c1-27(17-9-12-19-10-3-2-4-11-19)18-23(28)26-22-16-8-7-15-21(22)24(29)25-20-13-5-6-14-20/h2-4,7-8,10-11,15-16,20H,5-6,9,12-14,17-18H2,1H3,(H,25,29)(H,26,28). The van der Waals surface area contributed by atoms with Crippen LogP contribution in [0, 0.1) is 0 Å². The Labute approximate surface area is 173 Å². The summed E-state index contributed by atoms with van der Waals surface area (Å²) >= 11 is 0. The number of nitrogens with zero attached hydrogens (tertiary/aromatic N) is 1. The second kappa shape index (κ2) is 10.8. The van der Waals surface area contributed by atoms with Crippen molar-refractivity contribution in [3.8, 4) is 0 Å². The van der Waals surface area contributed by atoms with Crippen LogP contribution in [0.2, 0.25) is 0 Å². The van der Waals surface area contributed by atoms with E-state index in [1.165, 1.54) is 18.4 Å². The van der Waals surface area contributed by atoms with Gasteiger partial charge in [-0.1, -0.05) is 55.3 Å². The van der Waals surface area contributed by atoms with Crippen molar-refractivity contribution in [2.24, 2.45) is 0 Å². The van der Waals surface area contributed by atoms with E-state index in [0.717, 1.165) is 32.2 Å². The van der Waals surface area contributed by atoms with Gasteiger partial charge in [0.2, 0.25) is 5.91 Å². The Morgan fingerprint density at radius 3 is 2.45 bits per heavy atom. The molecule has 2 N–H and O–H groups in total. The van der Waals surface area contributed by atoms with E-state index in [1.54, 1.807) is 12.1 Å². The van der Waals surface area contributed by atoms with Gasteiger partial charge in [0.05, 0.1) is 17.8 Å². The molecule has 0 saturated heterocycles. The maximum Gasteiger partial charge on any atom is 0.253 e. The van der Waals surface area contributed by atoms with Crippen molar-refractivity contribution in [2.75, 3.05) is 25.5 Å². The molecule has 0 unspecified atom stereocenters. The van der Waals surface area contributed by atoms with Crippen molar-refractivity contribution in [2.45, 2.75) is 44.6 Å². The largest absolute Gasteiger partial charge is 0.349 e. The molecule has 0 bridgehead atoms. The summed E-state index contributed by atoms with van der Waals surface area (Å²) in [5.41, 5.74) is 2.41. The first-order valence-electron chi connectivity index (χ1n) is 10.5. The smallest absolute Gasteiger partial charge is 0.253 e. The third-order valence-electron chi connectivity index (χ3n) is 5.40. The maximum atomic E-state index is 12.6. The van der Waals surface area contributed by atoms with Crippen LogP contribution in [0.25, 0.3) is 0 Å². The van der Waals surface area contributed by atoms with Crippen molar-refractivity contribution in [1.29, 1.82) is 0 Å². The first-order valence-corrected chi connectivity index (χ1v) is 10.5. The van der Waals surface area contributed by atoms with Gasteiger partial charge in [0.25, 0.3) is 5.91 Å². The lowest BCUT2D eigenvalue weighted by molar-refractivity contribution is -0.117. The second-order valence-corrected chi connectivity index (χ2v) is 7.88. The third-order valence-corrected chi connectivity index (χ3v) is 5.40. The predicted molar refractivity (Wildman–Crippen MR) is 117 cm³/mol. The van der Waals surface area contributed by atoms with Crippen LogP contribution in [0.1, 0.15) is 48.0 Å². The quantitative estimate of drug-likeness (QED) is 0.680. The van der Waals surface area contributed by atoms with Gasteiger partial charge in [0.15, 0.2) is 0 Å². The van der Waals surface area contributed by atoms with Crippen LogP contribution in [-0.4, -0.2) is 42.9 Å². The van der Waals surface area contributed by atoms with Gasteiger partial charge in [0, 0.05) is 6.04 Å². The summed E-state index contributed by atoms with van der Waals surface area (Å²) < 4.78 is 0. The van der Waals surface area contributed by atoms with E-state index < -0.39 is 0 Å². The lowest BCUT2D eigenvalue weighted by Crippen LogP contribution is -2.34. The number of nitrogens with one attached hydrogen (secondary N) is 2. The van der Waals surface area contributed by atoms with E-state index in [0.29, 0.717) is 17.8 Å². The molecule has 3 rings (SSSR count). The Balaban J connectivity index is 1.47. The molecule has 0 radical (unpaired) electrons. The SMILES string of the molecule is CN(CCCc1ccccc1)CC(=O)Nc1ccccc1C(=O)NC1CCCC1. The molecule has 0 aliphatic heterocycles. The molecule has 1 aliphatic carbocycles. The van der Waals surface area contributed by atoms with Crippen LogP contribution >= 0.6 is 0 Å². The minimum Gasteiger partial charge on any atom is -0.349 e. The van der Waals surface area contributed by atoms with Crippen LogP contribution in [0.15, 0.2) is 54.6 Å². The Morgan fingerprint density at radius 2 is 1.69 bits per heavy atom. The predicted octanol–water partition coefficient (Wildman–Crippen LogP) is 3.86. The number of benzene rings is 2. The summed E-state index contributed by atoms with van der Waals surface area (Å²) in [7, 11) is 1.95. The van der Waals surface area contributed by atoms with E-state index in [1.807, 2.05) is 42.3 Å². The zero-order valence-electron chi connectivity index (χ0n) is 17.2. The molecule has 29 heavy (non-hydrogen) atoms. The van der Waals surface area contributed by atoms with E-state index in [-0.39, 0.29) is 17.9 Å².